The largest absolute Gasteiger partial charge is 0.416 e. The summed E-state index contributed by atoms with van der Waals surface area (Å²) in [6.07, 6.45) is -5.48. The highest BCUT2D eigenvalue weighted by atomic mass is 19.4. The van der Waals surface area contributed by atoms with Crippen molar-refractivity contribution in [1.29, 1.82) is 0 Å². The average molecular weight is 351 g/mol. The lowest BCUT2D eigenvalue weighted by molar-refractivity contribution is -0.138. The Morgan fingerprint density at radius 1 is 1.12 bits per heavy atom. The number of carbonyl (C=O) groups excluding carboxylic acids is 1. The number of aliphatic hydroxyl groups excluding tert-OH is 1. The van der Waals surface area contributed by atoms with E-state index < -0.39 is 23.9 Å². The molecule has 0 aliphatic carbocycles. The van der Waals surface area contributed by atoms with Gasteiger partial charge >= 0.3 is 6.18 Å². The third-order valence-electron chi connectivity index (χ3n) is 4.21. The molecule has 0 bridgehead atoms. The second-order valence-electron chi connectivity index (χ2n) is 5.98. The Balaban J connectivity index is 2.07. The summed E-state index contributed by atoms with van der Waals surface area (Å²) in [4.78, 5) is 13.7. The van der Waals surface area contributed by atoms with Crippen LogP contribution < -0.4 is 0 Å². The van der Waals surface area contributed by atoms with Crippen LogP contribution in [0.3, 0.4) is 0 Å². The smallest absolute Gasteiger partial charge is 0.386 e. The van der Waals surface area contributed by atoms with Crippen LogP contribution in [0, 0.1) is 0 Å². The Labute approximate surface area is 144 Å². The third-order valence-corrected chi connectivity index (χ3v) is 4.21. The topological polar surface area (TPSA) is 40.5 Å². The first-order valence-corrected chi connectivity index (χ1v) is 7.85. The molecule has 0 heterocycles. The van der Waals surface area contributed by atoms with Gasteiger partial charge in [-0.25, -0.2) is 0 Å². The van der Waals surface area contributed by atoms with E-state index in [4.69, 9.17) is 0 Å². The van der Waals surface area contributed by atoms with E-state index >= 15 is 0 Å². The number of carbonyl (C=O) groups is 1. The Bertz CT molecular complexity index is 716. The molecule has 0 spiro atoms. The van der Waals surface area contributed by atoms with Crippen molar-refractivity contribution in [3.8, 4) is 0 Å². The quantitative estimate of drug-likeness (QED) is 0.889. The average Bonchev–Trinajstić information content (AvgIpc) is 2.60. The van der Waals surface area contributed by atoms with Gasteiger partial charge < -0.3 is 10.0 Å². The molecule has 2 rings (SSSR count). The van der Waals surface area contributed by atoms with E-state index in [0.717, 1.165) is 12.1 Å². The number of hydrogen-bond donors (Lipinski definition) is 1. The van der Waals surface area contributed by atoms with E-state index in [1.807, 2.05) is 6.07 Å². The summed E-state index contributed by atoms with van der Waals surface area (Å²) in [6, 6.07) is 13.1. The highest BCUT2D eigenvalue weighted by Crippen LogP contribution is 2.29. The number of rotatable bonds is 5. The van der Waals surface area contributed by atoms with Crippen LogP contribution in [-0.2, 0) is 17.4 Å². The molecule has 0 aromatic heterocycles. The van der Waals surface area contributed by atoms with Crippen LogP contribution in [0.15, 0.2) is 54.6 Å². The van der Waals surface area contributed by atoms with Crippen LogP contribution in [0.2, 0.25) is 0 Å². The van der Waals surface area contributed by atoms with Gasteiger partial charge in [0, 0.05) is 7.05 Å². The van der Waals surface area contributed by atoms with Gasteiger partial charge in [-0.1, -0.05) is 48.5 Å². The van der Waals surface area contributed by atoms with E-state index in [1.54, 1.807) is 31.2 Å². The minimum Gasteiger partial charge on any atom is -0.386 e. The minimum atomic E-state index is -4.44. The van der Waals surface area contributed by atoms with Crippen molar-refractivity contribution in [2.45, 2.75) is 31.7 Å². The Morgan fingerprint density at radius 2 is 1.76 bits per heavy atom. The van der Waals surface area contributed by atoms with Crippen molar-refractivity contribution in [1.82, 2.24) is 4.90 Å². The Morgan fingerprint density at radius 3 is 2.36 bits per heavy atom. The standard InChI is InChI=1S/C19H20F3NO2/c1-13(18(25)15-8-4-3-5-9-15)23(2)17(24)12-14-7-6-10-16(11-14)19(20,21)22/h3-11,13,18,25H,12H2,1-2H3/t13-,18+/m1/s1. The molecule has 0 radical (unpaired) electrons. The van der Waals surface area contributed by atoms with E-state index in [2.05, 4.69) is 0 Å². The fraction of sp³-hybridized carbons (Fsp3) is 0.316. The summed E-state index contributed by atoms with van der Waals surface area (Å²) < 4.78 is 38.3. The maximum atomic E-state index is 12.8. The molecule has 134 valence electrons. The van der Waals surface area contributed by atoms with Gasteiger partial charge in [0.2, 0.25) is 5.91 Å². The molecular weight excluding hydrogens is 331 g/mol. The van der Waals surface area contributed by atoms with Crippen LogP contribution in [0.5, 0.6) is 0 Å². The zero-order valence-electron chi connectivity index (χ0n) is 14.0. The molecule has 2 aromatic rings. The maximum Gasteiger partial charge on any atom is 0.416 e. The van der Waals surface area contributed by atoms with Gasteiger partial charge in [-0.2, -0.15) is 13.2 Å². The molecular formula is C19H20F3NO2. The number of alkyl halides is 3. The van der Waals surface area contributed by atoms with Crippen LogP contribution >= 0.6 is 0 Å². The van der Waals surface area contributed by atoms with Crippen molar-refractivity contribution >= 4 is 5.91 Å². The Kier molecular flexibility index (Phi) is 5.85. The predicted octanol–water partition coefficient (Wildman–Crippen LogP) is 3.83. The first-order valence-electron chi connectivity index (χ1n) is 7.85. The molecule has 2 aromatic carbocycles. The molecule has 3 nitrogen and oxygen atoms in total. The molecule has 0 aliphatic heterocycles. The number of likely N-dealkylation sites (N-methyl/N-ethyl adjacent to an activating group) is 1. The fourth-order valence-electron chi connectivity index (χ4n) is 2.52. The lowest BCUT2D eigenvalue weighted by Crippen LogP contribution is -2.39. The number of halogens is 3. The molecule has 0 saturated carbocycles. The predicted molar refractivity (Wildman–Crippen MR) is 88.8 cm³/mol. The monoisotopic (exact) mass is 351 g/mol. The molecule has 1 amide bonds. The van der Waals surface area contributed by atoms with Crippen molar-refractivity contribution in [3.63, 3.8) is 0 Å². The van der Waals surface area contributed by atoms with Crippen LogP contribution in [0.1, 0.15) is 29.7 Å². The highest BCUT2D eigenvalue weighted by molar-refractivity contribution is 5.79. The van der Waals surface area contributed by atoms with E-state index in [0.29, 0.717) is 5.56 Å². The number of benzene rings is 2. The van der Waals surface area contributed by atoms with Gasteiger partial charge in [-0.05, 0) is 24.1 Å². The lowest BCUT2D eigenvalue weighted by atomic mass is 10.0. The van der Waals surface area contributed by atoms with E-state index in [1.165, 1.54) is 24.1 Å². The Hall–Kier alpha value is -2.34. The van der Waals surface area contributed by atoms with E-state index in [-0.39, 0.29) is 17.9 Å². The summed E-state index contributed by atoms with van der Waals surface area (Å²) in [5, 5.41) is 10.4. The van der Waals surface area contributed by atoms with Crippen molar-refractivity contribution in [2.24, 2.45) is 0 Å². The van der Waals surface area contributed by atoms with Gasteiger partial charge in [-0.15, -0.1) is 0 Å². The molecule has 0 fully saturated rings. The lowest BCUT2D eigenvalue weighted by Gasteiger charge is -2.29. The molecule has 25 heavy (non-hydrogen) atoms. The fourth-order valence-corrected chi connectivity index (χ4v) is 2.52. The SMILES string of the molecule is C[C@H]([C@H](O)c1ccccc1)N(C)C(=O)Cc1cccc(C(F)(F)F)c1. The summed E-state index contributed by atoms with van der Waals surface area (Å²) in [6.45, 7) is 1.70. The normalized spacial score (nSPS) is 14.0. The molecule has 0 aliphatic rings. The van der Waals surface area contributed by atoms with Crippen molar-refractivity contribution < 1.29 is 23.1 Å². The molecule has 0 saturated heterocycles. The third kappa shape index (κ3) is 4.82. The molecule has 6 heteroatoms. The minimum absolute atomic E-state index is 0.160. The van der Waals surface area contributed by atoms with E-state index in [9.17, 15) is 23.1 Å². The number of hydrogen-bond acceptors (Lipinski definition) is 2. The molecule has 1 N–H and O–H groups in total. The first-order chi connectivity index (χ1) is 11.7. The number of nitrogens with zero attached hydrogens (tertiary/aromatic N) is 1. The van der Waals surface area contributed by atoms with Crippen molar-refractivity contribution in [3.05, 3.63) is 71.3 Å². The summed E-state index contributed by atoms with van der Waals surface area (Å²) in [5.41, 5.74) is 0.180. The van der Waals surface area contributed by atoms with Gasteiger partial charge in [-0.3, -0.25) is 4.79 Å². The van der Waals surface area contributed by atoms with Gasteiger partial charge in [0.05, 0.1) is 24.1 Å². The van der Waals surface area contributed by atoms with Crippen LogP contribution in [0.25, 0.3) is 0 Å². The number of amides is 1. The molecule has 0 unspecified atom stereocenters. The van der Waals surface area contributed by atoms with Gasteiger partial charge in [0.15, 0.2) is 0 Å². The first kappa shape index (κ1) is 19.0. The van der Waals surface area contributed by atoms with Gasteiger partial charge in [0.25, 0.3) is 0 Å². The van der Waals surface area contributed by atoms with Crippen molar-refractivity contribution in [2.75, 3.05) is 7.05 Å². The zero-order valence-corrected chi connectivity index (χ0v) is 14.0. The summed E-state index contributed by atoms with van der Waals surface area (Å²) in [7, 11) is 1.53. The second-order valence-corrected chi connectivity index (χ2v) is 5.98. The summed E-state index contributed by atoms with van der Waals surface area (Å²) >= 11 is 0. The number of aliphatic hydroxyl groups is 1. The van der Waals surface area contributed by atoms with Crippen LogP contribution in [-0.4, -0.2) is 29.0 Å². The molecule has 2 atom stereocenters. The highest BCUT2D eigenvalue weighted by Gasteiger charge is 2.31. The summed E-state index contributed by atoms with van der Waals surface area (Å²) in [5.74, 6) is -0.359. The second kappa shape index (κ2) is 7.70. The zero-order chi connectivity index (χ0) is 18.6. The van der Waals surface area contributed by atoms with Crippen LogP contribution in [0.4, 0.5) is 13.2 Å². The van der Waals surface area contributed by atoms with Gasteiger partial charge in [0.1, 0.15) is 0 Å². The maximum absolute atomic E-state index is 12.8.